The molecule has 25 heavy (non-hydrogen) atoms. The summed E-state index contributed by atoms with van der Waals surface area (Å²) >= 11 is 0. The third-order valence-corrected chi connectivity index (χ3v) is 4.12. The van der Waals surface area contributed by atoms with Crippen molar-refractivity contribution in [3.05, 3.63) is 59.7 Å². The number of aromatic hydroxyl groups is 1. The first-order chi connectivity index (χ1) is 12.1. The molecular weight excluding hydrogens is 312 g/mol. The quantitative estimate of drug-likeness (QED) is 0.726. The SMILES string of the molecule is CCCN(CCC)c1ccc(CCNC(=O)c2ccc(O)cc2)cc1. The van der Waals surface area contributed by atoms with E-state index in [1.807, 2.05) is 0 Å². The van der Waals surface area contributed by atoms with Gasteiger partial charge in [0.1, 0.15) is 5.75 Å². The Balaban J connectivity index is 1.84. The summed E-state index contributed by atoms with van der Waals surface area (Å²) in [7, 11) is 0. The van der Waals surface area contributed by atoms with Crippen LogP contribution in [0.1, 0.15) is 42.6 Å². The second-order valence-corrected chi connectivity index (χ2v) is 6.21. The summed E-state index contributed by atoms with van der Waals surface area (Å²) < 4.78 is 0. The highest BCUT2D eigenvalue weighted by Crippen LogP contribution is 2.16. The lowest BCUT2D eigenvalue weighted by molar-refractivity contribution is 0.0954. The van der Waals surface area contributed by atoms with E-state index in [0.29, 0.717) is 12.1 Å². The molecule has 2 N–H and O–H groups in total. The Labute approximate surface area is 150 Å². The molecule has 0 aliphatic rings. The highest BCUT2D eigenvalue weighted by Gasteiger charge is 2.06. The second-order valence-electron chi connectivity index (χ2n) is 6.21. The standard InChI is InChI=1S/C21H28N2O2/c1-3-15-23(16-4-2)19-9-5-17(6-10-19)13-14-22-21(25)18-7-11-20(24)12-8-18/h5-12,24H,3-4,13-16H2,1-2H3,(H,22,25). The number of benzene rings is 2. The number of phenols is 1. The fraction of sp³-hybridized carbons (Fsp3) is 0.381. The highest BCUT2D eigenvalue weighted by molar-refractivity contribution is 5.94. The van der Waals surface area contributed by atoms with Gasteiger partial charge in [0.15, 0.2) is 0 Å². The summed E-state index contributed by atoms with van der Waals surface area (Å²) in [4.78, 5) is 14.4. The van der Waals surface area contributed by atoms with Crippen LogP contribution < -0.4 is 10.2 Å². The van der Waals surface area contributed by atoms with Gasteiger partial charge in [0, 0.05) is 30.9 Å². The number of hydrogen-bond acceptors (Lipinski definition) is 3. The molecule has 2 rings (SSSR count). The minimum Gasteiger partial charge on any atom is -0.508 e. The molecule has 1 amide bonds. The Morgan fingerprint density at radius 2 is 1.56 bits per heavy atom. The van der Waals surface area contributed by atoms with Crippen LogP contribution in [-0.4, -0.2) is 30.6 Å². The van der Waals surface area contributed by atoms with Crippen molar-refractivity contribution in [3.8, 4) is 5.75 Å². The zero-order valence-electron chi connectivity index (χ0n) is 15.2. The molecule has 0 aromatic heterocycles. The molecule has 0 unspecified atom stereocenters. The molecule has 4 heteroatoms. The van der Waals surface area contributed by atoms with Crippen LogP contribution in [0.3, 0.4) is 0 Å². The first kappa shape index (κ1) is 18.8. The molecule has 4 nitrogen and oxygen atoms in total. The van der Waals surface area contributed by atoms with Crippen molar-refractivity contribution in [2.24, 2.45) is 0 Å². The summed E-state index contributed by atoms with van der Waals surface area (Å²) in [5, 5.41) is 12.2. The monoisotopic (exact) mass is 340 g/mol. The zero-order chi connectivity index (χ0) is 18.1. The molecule has 2 aromatic rings. The molecule has 0 aliphatic heterocycles. The molecule has 134 valence electrons. The highest BCUT2D eigenvalue weighted by atomic mass is 16.3. The fourth-order valence-electron chi connectivity index (χ4n) is 2.82. The number of phenolic OH excluding ortho intramolecular Hbond substituents is 1. The van der Waals surface area contributed by atoms with E-state index in [1.54, 1.807) is 12.1 Å². The van der Waals surface area contributed by atoms with Crippen LogP contribution in [-0.2, 0) is 6.42 Å². The number of rotatable bonds is 9. The van der Waals surface area contributed by atoms with Gasteiger partial charge in [-0.15, -0.1) is 0 Å². The molecule has 0 heterocycles. The van der Waals surface area contributed by atoms with E-state index >= 15 is 0 Å². The third-order valence-electron chi connectivity index (χ3n) is 4.12. The van der Waals surface area contributed by atoms with Crippen molar-refractivity contribution < 1.29 is 9.90 Å². The van der Waals surface area contributed by atoms with Crippen LogP contribution in [0.2, 0.25) is 0 Å². The van der Waals surface area contributed by atoms with Crippen molar-refractivity contribution in [3.63, 3.8) is 0 Å². The Kier molecular flexibility index (Phi) is 7.33. The van der Waals surface area contributed by atoms with Crippen molar-refractivity contribution in [1.29, 1.82) is 0 Å². The number of nitrogens with one attached hydrogen (secondary N) is 1. The predicted octanol–water partition coefficient (Wildman–Crippen LogP) is 3.99. The van der Waals surface area contributed by atoms with Crippen molar-refractivity contribution in [1.82, 2.24) is 5.32 Å². The molecule has 0 saturated heterocycles. The maximum absolute atomic E-state index is 12.0. The van der Waals surface area contributed by atoms with Gasteiger partial charge < -0.3 is 15.3 Å². The number of carbonyl (C=O) groups excluding carboxylic acids is 1. The molecule has 0 radical (unpaired) electrons. The average Bonchev–Trinajstić information content (AvgIpc) is 2.62. The number of anilines is 1. The number of nitrogens with zero attached hydrogens (tertiary/aromatic N) is 1. The summed E-state index contributed by atoms with van der Waals surface area (Å²) in [5.74, 6) is 0.0468. The van der Waals surface area contributed by atoms with Crippen LogP contribution in [0.4, 0.5) is 5.69 Å². The van der Waals surface area contributed by atoms with E-state index in [2.05, 4.69) is 48.3 Å². The Hall–Kier alpha value is -2.49. The van der Waals surface area contributed by atoms with Crippen LogP contribution in [0.25, 0.3) is 0 Å². The van der Waals surface area contributed by atoms with Crippen LogP contribution in [0, 0.1) is 0 Å². The van der Waals surface area contributed by atoms with Crippen LogP contribution >= 0.6 is 0 Å². The van der Waals surface area contributed by atoms with Gasteiger partial charge in [-0.05, 0) is 61.2 Å². The second kappa shape index (κ2) is 9.72. The van der Waals surface area contributed by atoms with E-state index in [0.717, 1.165) is 32.4 Å². The number of hydrogen-bond donors (Lipinski definition) is 2. The molecule has 0 spiro atoms. The fourth-order valence-corrected chi connectivity index (χ4v) is 2.82. The molecule has 0 atom stereocenters. The van der Waals surface area contributed by atoms with E-state index in [-0.39, 0.29) is 11.7 Å². The van der Waals surface area contributed by atoms with Gasteiger partial charge in [-0.2, -0.15) is 0 Å². The minimum absolute atomic E-state index is 0.117. The molecule has 0 bridgehead atoms. The van der Waals surface area contributed by atoms with Gasteiger partial charge in [-0.1, -0.05) is 26.0 Å². The van der Waals surface area contributed by atoms with Gasteiger partial charge in [0.25, 0.3) is 5.91 Å². The first-order valence-corrected chi connectivity index (χ1v) is 9.05. The smallest absolute Gasteiger partial charge is 0.251 e. The lowest BCUT2D eigenvalue weighted by atomic mass is 10.1. The summed E-state index contributed by atoms with van der Waals surface area (Å²) in [6.45, 7) is 7.15. The molecule has 0 aliphatic carbocycles. The Morgan fingerprint density at radius 1 is 0.960 bits per heavy atom. The third kappa shape index (κ3) is 5.82. The van der Waals surface area contributed by atoms with Crippen LogP contribution in [0.5, 0.6) is 5.75 Å². The van der Waals surface area contributed by atoms with Crippen molar-refractivity contribution in [2.75, 3.05) is 24.5 Å². The summed E-state index contributed by atoms with van der Waals surface area (Å²) in [6, 6.07) is 14.9. The van der Waals surface area contributed by atoms with Crippen molar-refractivity contribution >= 4 is 11.6 Å². The van der Waals surface area contributed by atoms with E-state index in [1.165, 1.54) is 23.4 Å². The summed E-state index contributed by atoms with van der Waals surface area (Å²) in [6.07, 6.45) is 3.09. The van der Waals surface area contributed by atoms with Gasteiger partial charge in [0.05, 0.1) is 0 Å². The lowest BCUT2D eigenvalue weighted by Gasteiger charge is -2.24. The largest absolute Gasteiger partial charge is 0.508 e. The zero-order valence-corrected chi connectivity index (χ0v) is 15.2. The van der Waals surface area contributed by atoms with Crippen LogP contribution in [0.15, 0.2) is 48.5 Å². The predicted molar refractivity (Wildman–Crippen MR) is 103 cm³/mol. The van der Waals surface area contributed by atoms with E-state index in [4.69, 9.17) is 0 Å². The topological polar surface area (TPSA) is 52.6 Å². The molecule has 2 aromatic carbocycles. The number of amides is 1. The summed E-state index contributed by atoms with van der Waals surface area (Å²) in [5.41, 5.74) is 3.03. The maximum atomic E-state index is 12.0. The van der Waals surface area contributed by atoms with Gasteiger partial charge in [-0.3, -0.25) is 4.79 Å². The van der Waals surface area contributed by atoms with Gasteiger partial charge >= 0.3 is 0 Å². The normalized spacial score (nSPS) is 10.5. The number of carbonyl (C=O) groups is 1. The molecular formula is C21H28N2O2. The Morgan fingerprint density at radius 3 is 2.12 bits per heavy atom. The molecule has 0 saturated carbocycles. The molecule has 0 fully saturated rings. The van der Waals surface area contributed by atoms with Crippen molar-refractivity contribution in [2.45, 2.75) is 33.1 Å². The maximum Gasteiger partial charge on any atom is 0.251 e. The lowest BCUT2D eigenvalue weighted by Crippen LogP contribution is -2.26. The average molecular weight is 340 g/mol. The van der Waals surface area contributed by atoms with Gasteiger partial charge in [-0.25, -0.2) is 0 Å². The van der Waals surface area contributed by atoms with E-state index in [9.17, 15) is 9.90 Å². The van der Waals surface area contributed by atoms with Gasteiger partial charge in [0.2, 0.25) is 0 Å². The minimum atomic E-state index is -0.117. The first-order valence-electron chi connectivity index (χ1n) is 9.05. The Bertz CT molecular complexity index is 645. The van der Waals surface area contributed by atoms with E-state index < -0.39 is 0 Å².